The maximum atomic E-state index is 12.1. The highest BCUT2D eigenvalue weighted by molar-refractivity contribution is 5.97. The number of esters is 1. The summed E-state index contributed by atoms with van der Waals surface area (Å²) >= 11 is 0. The summed E-state index contributed by atoms with van der Waals surface area (Å²) < 4.78 is 4.88. The van der Waals surface area contributed by atoms with Gasteiger partial charge in [0.1, 0.15) is 6.04 Å². The van der Waals surface area contributed by atoms with Crippen LogP contribution in [0, 0.1) is 10.1 Å². The van der Waals surface area contributed by atoms with Crippen LogP contribution in [-0.2, 0) is 14.3 Å². The Kier molecular flexibility index (Phi) is 8.00. The molecule has 3 N–H and O–H groups in total. The standard InChI is InChI=1S/C16H22N4O6/c1-4-7-18-15(22)10(2)19-14(21)9-26-16(23)12-8-11(20(24)25)5-6-13(12)17-3/h5-6,8,10,17H,4,7,9H2,1-3H3,(H,18,22)(H,19,21)/t10-/m1/s1. The summed E-state index contributed by atoms with van der Waals surface area (Å²) in [5, 5.41) is 18.6. The van der Waals surface area contributed by atoms with Gasteiger partial charge in [-0.05, 0) is 19.4 Å². The second-order valence-electron chi connectivity index (χ2n) is 5.39. The molecule has 2 amide bonds. The van der Waals surface area contributed by atoms with Crippen molar-refractivity contribution in [2.24, 2.45) is 0 Å². The highest BCUT2D eigenvalue weighted by Gasteiger charge is 2.20. The molecule has 0 saturated heterocycles. The van der Waals surface area contributed by atoms with Crippen LogP contribution in [0.15, 0.2) is 18.2 Å². The minimum absolute atomic E-state index is 0.0664. The Morgan fingerprint density at radius 2 is 2.00 bits per heavy atom. The largest absolute Gasteiger partial charge is 0.452 e. The van der Waals surface area contributed by atoms with Crippen LogP contribution in [0.4, 0.5) is 11.4 Å². The zero-order chi connectivity index (χ0) is 19.7. The van der Waals surface area contributed by atoms with Gasteiger partial charge >= 0.3 is 5.97 Å². The summed E-state index contributed by atoms with van der Waals surface area (Å²) in [6.45, 7) is 3.28. The predicted octanol–water partition coefficient (Wildman–Crippen LogP) is 0.824. The zero-order valence-corrected chi connectivity index (χ0v) is 14.8. The molecule has 10 nitrogen and oxygen atoms in total. The molecule has 0 aliphatic rings. The van der Waals surface area contributed by atoms with Crippen molar-refractivity contribution in [1.82, 2.24) is 10.6 Å². The smallest absolute Gasteiger partial charge is 0.341 e. The number of ether oxygens (including phenoxy) is 1. The van der Waals surface area contributed by atoms with Gasteiger partial charge in [-0.2, -0.15) is 0 Å². The zero-order valence-electron chi connectivity index (χ0n) is 14.8. The summed E-state index contributed by atoms with van der Waals surface area (Å²) in [7, 11) is 1.54. The van der Waals surface area contributed by atoms with Gasteiger partial charge in [0.2, 0.25) is 5.91 Å². The number of benzene rings is 1. The molecule has 0 aliphatic carbocycles. The highest BCUT2D eigenvalue weighted by atomic mass is 16.6. The molecule has 0 radical (unpaired) electrons. The number of anilines is 1. The molecule has 0 unspecified atom stereocenters. The van der Waals surface area contributed by atoms with Crippen molar-refractivity contribution < 1.29 is 24.0 Å². The van der Waals surface area contributed by atoms with Crippen molar-refractivity contribution in [3.63, 3.8) is 0 Å². The van der Waals surface area contributed by atoms with Gasteiger partial charge in [-0.3, -0.25) is 19.7 Å². The molecule has 10 heteroatoms. The third kappa shape index (κ3) is 6.04. The number of carbonyl (C=O) groups is 3. The van der Waals surface area contributed by atoms with Crippen LogP contribution in [0.3, 0.4) is 0 Å². The number of nitrogens with one attached hydrogen (secondary N) is 3. The van der Waals surface area contributed by atoms with Crippen LogP contribution in [-0.4, -0.2) is 48.9 Å². The minimum Gasteiger partial charge on any atom is -0.452 e. The number of nitrogens with zero attached hydrogens (tertiary/aromatic N) is 1. The Balaban J connectivity index is 2.66. The Morgan fingerprint density at radius 3 is 2.58 bits per heavy atom. The van der Waals surface area contributed by atoms with Crippen LogP contribution in [0.1, 0.15) is 30.6 Å². The lowest BCUT2D eigenvalue weighted by Gasteiger charge is -2.14. The first-order valence-corrected chi connectivity index (χ1v) is 8.00. The number of carbonyl (C=O) groups excluding carboxylic acids is 3. The quantitative estimate of drug-likeness (QED) is 0.334. The molecular weight excluding hydrogens is 344 g/mol. The molecule has 0 fully saturated rings. The van der Waals surface area contributed by atoms with Crippen molar-refractivity contribution in [3.05, 3.63) is 33.9 Å². The third-order valence-electron chi connectivity index (χ3n) is 3.36. The molecular formula is C16H22N4O6. The number of hydrogen-bond donors (Lipinski definition) is 3. The number of nitro groups is 1. The van der Waals surface area contributed by atoms with Gasteiger partial charge in [0, 0.05) is 31.4 Å². The van der Waals surface area contributed by atoms with E-state index in [0.29, 0.717) is 12.2 Å². The number of hydrogen-bond acceptors (Lipinski definition) is 7. The fraction of sp³-hybridized carbons (Fsp3) is 0.438. The van der Waals surface area contributed by atoms with E-state index in [-0.39, 0.29) is 17.2 Å². The average Bonchev–Trinajstić information content (AvgIpc) is 2.63. The Morgan fingerprint density at radius 1 is 1.31 bits per heavy atom. The van der Waals surface area contributed by atoms with E-state index in [0.717, 1.165) is 12.5 Å². The van der Waals surface area contributed by atoms with Crippen LogP contribution in [0.5, 0.6) is 0 Å². The molecule has 142 valence electrons. The lowest BCUT2D eigenvalue weighted by atomic mass is 10.1. The van der Waals surface area contributed by atoms with Crippen molar-refractivity contribution in [2.75, 3.05) is 25.5 Å². The van der Waals surface area contributed by atoms with Gasteiger partial charge in [0.25, 0.3) is 11.6 Å². The van der Waals surface area contributed by atoms with E-state index in [9.17, 15) is 24.5 Å². The van der Waals surface area contributed by atoms with Crippen LogP contribution >= 0.6 is 0 Å². The number of nitro benzene ring substituents is 1. The first-order chi connectivity index (χ1) is 12.3. The van der Waals surface area contributed by atoms with Crippen molar-refractivity contribution in [3.8, 4) is 0 Å². The summed E-state index contributed by atoms with van der Waals surface area (Å²) in [6, 6.07) is 2.90. The Labute approximate surface area is 150 Å². The molecule has 0 bridgehead atoms. The van der Waals surface area contributed by atoms with E-state index < -0.39 is 29.4 Å². The molecule has 26 heavy (non-hydrogen) atoms. The van der Waals surface area contributed by atoms with Gasteiger partial charge in [-0.1, -0.05) is 6.92 Å². The minimum atomic E-state index is -0.892. The van der Waals surface area contributed by atoms with Gasteiger partial charge in [-0.15, -0.1) is 0 Å². The van der Waals surface area contributed by atoms with E-state index in [4.69, 9.17) is 4.74 Å². The summed E-state index contributed by atoms with van der Waals surface area (Å²) in [5.74, 6) is -1.90. The van der Waals surface area contributed by atoms with Gasteiger partial charge in [0.15, 0.2) is 6.61 Å². The Bertz CT molecular complexity index is 691. The summed E-state index contributed by atoms with van der Waals surface area (Å²) in [4.78, 5) is 45.8. The molecule has 1 aromatic carbocycles. The summed E-state index contributed by atoms with van der Waals surface area (Å²) in [5.41, 5.74) is -0.0156. The summed E-state index contributed by atoms with van der Waals surface area (Å²) in [6.07, 6.45) is 0.765. The molecule has 0 heterocycles. The highest BCUT2D eigenvalue weighted by Crippen LogP contribution is 2.22. The van der Waals surface area contributed by atoms with Crippen LogP contribution in [0.2, 0.25) is 0 Å². The maximum Gasteiger partial charge on any atom is 0.341 e. The van der Waals surface area contributed by atoms with Crippen molar-refractivity contribution >= 4 is 29.2 Å². The molecule has 0 aliphatic heterocycles. The van der Waals surface area contributed by atoms with E-state index in [1.807, 2.05) is 6.92 Å². The molecule has 0 spiro atoms. The first kappa shape index (κ1) is 20.9. The molecule has 1 rings (SSSR count). The van der Waals surface area contributed by atoms with Gasteiger partial charge < -0.3 is 20.7 Å². The third-order valence-corrected chi connectivity index (χ3v) is 3.36. The maximum absolute atomic E-state index is 12.1. The fourth-order valence-electron chi connectivity index (χ4n) is 1.99. The van der Waals surface area contributed by atoms with Gasteiger partial charge in [0.05, 0.1) is 10.5 Å². The van der Waals surface area contributed by atoms with E-state index >= 15 is 0 Å². The molecule has 0 saturated carbocycles. The normalized spacial score (nSPS) is 11.2. The van der Waals surface area contributed by atoms with E-state index in [2.05, 4.69) is 16.0 Å². The van der Waals surface area contributed by atoms with E-state index in [1.54, 1.807) is 7.05 Å². The average molecular weight is 366 g/mol. The van der Waals surface area contributed by atoms with Crippen LogP contribution < -0.4 is 16.0 Å². The second-order valence-corrected chi connectivity index (χ2v) is 5.39. The molecule has 0 aromatic heterocycles. The lowest BCUT2D eigenvalue weighted by molar-refractivity contribution is -0.384. The number of non-ortho nitro benzene ring substituents is 1. The Hall–Kier alpha value is -3.17. The monoisotopic (exact) mass is 366 g/mol. The molecule has 1 atom stereocenters. The van der Waals surface area contributed by atoms with Crippen molar-refractivity contribution in [1.29, 1.82) is 0 Å². The number of rotatable bonds is 9. The van der Waals surface area contributed by atoms with Crippen LogP contribution in [0.25, 0.3) is 0 Å². The topological polar surface area (TPSA) is 140 Å². The predicted molar refractivity (Wildman–Crippen MR) is 93.8 cm³/mol. The molecule has 1 aromatic rings. The lowest BCUT2D eigenvalue weighted by Crippen LogP contribution is -2.46. The van der Waals surface area contributed by atoms with E-state index in [1.165, 1.54) is 19.1 Å². The number of amides is 2. The second kappa shape index (κ2) is 9.97. The fourth-order valence-corrected chi connectivity index (χ4v) is 1.99. The SMILES string of the molecule is CCCNC(=O)[C@@H](C)NC(=O)COC(=O)c1cc([N+](=O)[O-])ccc1NC. The van der Waals surface area contributed by atoms with Crippen molar-refractivity contribution in [2.45, 2.75) is 26.3 Å². The van der Waals surface area contributed by atoms with Gasteiger partial charge in [-0.25, -0.2) is 4.79 Å². The first-order valence-electron chi connectivity index (χ1n) is 8.00.